The Morgan fingerprint density at radius 2 is 2.17 bits per heavy atom. The van der Waals surface area contributed by atoms with Gasteiger partial charge in [-0.3, -0.25) is 4.98 Å². The highest BCUT2D eigenvalue weighted by molar-refractivity contribution is 7.12. The van der Waals surface area contributed by atoms with Gasteiger partial charge in [0, 0.05) is 25.0 Å². The zero-order valence-corrected chi connectivity index (χ0v) is 10.8. The highest BCUT2D eigenvalue weighted by Crippen LogP contribution is 2.18. The fourth-order valence-electron chi connectivity index (χ4n) is 1.70. The molecule has 1 unspecified atom stereocenters. The zero-order chi connectivity index (χ0) is 13.0. The molecule has 0 bridgehead atoms. The molecule has 94 valence electrons. The molecular weight excluding hydrogens is 248 g/mol. The molecule has 2 aromatic heterocycles. The van der Waals surface area contributed by atoms with Crippen molar-refractivity contribution < 1.29 is 9.90 Å². The first-order chi connectivity index (χ1) is 8.68. The SMILES string of the molecule is CC(NCc1ccsc1C(=O)O)c1ccncc1. The smallest absolute Gasteiger partial charge is 0.346 e. The summed E-state index contributed by atoms with van der Waals surface area (Å²) in [7, 11) is 0. The fraction of sp³-hybridized carbons (Fsp3) is 0.231. The normalized spacial score (nSPS) is 12.3. The molecular formula is C13H14N2O2S. The second kappa shape index (κ2) is 5.75. The summed E-state index contributed by atoms with van der Waals surface area (Å²) in [5.41, 5.74) is 1.96. The van der Waals surface area contributed by atoms with Gasteiger partial charge in [-0.05, 0) is 41.6 Å². The first-order valence-corrected chi connectivity index (χ1v) is 6.49. The van der Waals surface area contributed by atoms with Crippen molar-refractivity contribution in [3.05, 3.63) is 52.0 Å². The van der Waals surface area contributed by atoms with Gasteiger partial charge in [0.25, 0.3) is 0 Å². The standard InChI is InChI=1S/C13H14N2O2S/c1-9(10-2-5-14-6-3-10)15-8-11-4-7-18-12(11)13(16)17/h2-7,9,15H,8H2,1H3,(H,16,17). The number of nitrogens with one attached hydrogen (secondary N) is 1. The number of carbonyl (C=O) groups is 1. The van der Waals surface area contributed by atoms with Gasteiger partial charge in [-0.2, -0.15) is 0 Å². The summed E-state index contributed by atoms with van der Waals surface area (Å²) >= 11 is 1.26. The maximum atomic E-state index is 11.0. The third-order valence-electron chi connectivity index (χ3n) is 2.75. The first-order valence-electron chi connectivity index (χ1n) is 5.61. The molecule has 0 radical (unpaired) electrons. The van der Waals surface area contributed by atoms with Crippen LogP contribution in [0, 0.1) is 0 Å². The number of thiophene rings is 1. The minimum atomic E-state index is -0.863. The number of aromatic carboxylic acids is 1. The van der Waals surface area contributed by atoms with Crippen LogP contribution in [-0.4, -0.2) is 16.1 Å². The van der Waals surface area contributed by atoms with Crippen molar-refractivity contribution in [1.29, 1.82) is 0 Å². The van der Waals surface area contributed by atoms with E-state index in [-0.39, 0.29) is 6.04 Å². The van der Waals surface area contributed by atoms with Crippen molar-refractivity contribution in [1.82, 2.24) is 10.3 Å². The average molecular weight is 262 g/mol. The Hall–Kier alpha value is -1.72. The van der Waals surface area contributed by atoms with Crippen molar-refractivity contribution in [3.8, 4) is 0 Å². The molecule has 1 atom stereocenters. The molecule has 0 saturated heterocycles. The Morgan fingerprint density at radius 3 is 2.83 bits per heavy atom. The topological polar surface area (TPSA) is 62.2 Å². The molecule has 0 aromatic carbocycles. The fourth-order valence-corrected chi connectivity index (χ4v) is 2.46. The molecule has 2 N–H and O–H groups in total. The lowest BCUT2D eigenvalue weighted by molar-refractivity contribution is 0.0701. The molecule has 0 fully saturated rings. The molecule has 5 heteroatoms. The van der Waals surface area contributed by atoms with E-state index in [1.807, 2.05) is 25.1 Å². The Balaban J connectivity index is 1.99. The van der Waals surface area contributed by atoms with Crippen molar-refractivity contribution in [2.45, 2.75) is 19.5 Å². The van der Waals surface area contributed by atoms with Crippen molar-refractivity contribution in [3.63, 3.8) is 0 Å². The summed E-state index contributed by atoms with van der Waals surface area (Å²) in [6, 6.07) is 5.90. The molecule has 2 heterocycles. The van der Waals surface area contributed by atoms with E-state index in [4.69, 9.17) is 5.11 Å². The van der Waals surface area contributed by atoms with Gasteiger partial charge >= 0.3 is 5.97 Å². The van der Waals surface area contributed by atoms with Gasteiger partial charge in [0.2, 0.25) is 0 Å². The van der Waals surface area contributed by atoms with Gasteiger partial charge in [0.05, 0.1) is 0 Å². The van der Waals surface area contributed by atoms with Gasteiger partial charge in [-0.15, -0.1) is 11.3 Å². The summed E-state index contributed by atoms with van der Waals surface area (Å²) in [4.78, 5) is 15.4. The monoisotopic (exact) mass is 262 g/mol. The summed E-state index contributed by atoms with van der Waals surface area (Å²) < 4.78 is 0. The van der Waals surface area contributed by atoms with Gasteiger partial charge in [0.1, 0.15) is 4.88 Å². The van der Waals surface area contributed by atoms with Crippen molar-refractivity contribution >= 4 is 17.3 Å². The van der Waals surface area contributed by atoms with Gasteiger partial charge in [-0.25, -0.2) is 4.79 Å². The maximum Gasteiger partial charge on any atom is 0.346 e. The highest BCUT2D eigenvalue weighted by atomic mass is 32.1. The van der Waals surface area contributed by atoms with E-state index in [0.717, 1.165) is 11.1 Å². The van der Waals surface area contributed by atoms with E-state index in [1.54, 1.807) is 17.8 Å². The molecule has 4 nitrogen and oxygen atoms in total. The Morgan fingerprint density at radius 1 is 1.44 bits per heavy atom. The molecule has 0 spiro atoms. The second-order valence-electron chi connectivity index (χ2n) is 3.96. The third-order valence-corrected chi connectivity index (χ3v) is 3.69. The summed E-state index contributed by atoms with van der Waals surface area (Å²) in [6.07, 6.45) is 3.50. The van der Waals surface area contributed by atoms with E-state index in [2.05, 4.69) is 10.3 Å². The van der Waals surface area contributed by atoms with E-state index in [0.29, 0.717) is 11.4 Å². The zero-order valence-electron chi connectivity index (χ0n) is 9.96. The van der Waals surface area contributed by atoms with Crippen LogP contribution in [0.4, 0.5) is 0 Å². The summed E-state index contributed by atoms with van der Waals surface area (Å²) in [5, 5.41) is 14.1. The van der Waals surface area contributed by atoms with E-state index >= 15 is 0 Å². The predicted octanol–water partition coefficient (Wildman–Crippen LogP) is 2.69. The van der Waals surface area contributed by atoms with E-state index < -0.39 is 5.97 Å². The second-order valence-corrected chi connectivity index (χ2v) is 4.88. The van der Waals surface area contributed by atoms with Crippen LogP contribution in [-0.2, 0) is 6.54 Å². The number of aromatic nitrogens is 1. The Kier molecular flexibility index (Phi) is 4.07. The molecule has 0 aliphatic carbocycles. The number of rotatable bonds is 5. The summed E-state index contributed by atoms with van der Waals surface area (Å²) in [5.74, 6) is -0.863. The van der Waals surface area contributed by atoms with Crippen LogP contribution < -0.4 is 5.32 Å². The molecule has 0 saturated carbocycles. The first kappa shape index (κ1) is 12.7. The van der Waals surface area contributed by atoms with Crippen LogP contribution in [0.25, 0.3) is 0 Å². The van der Waals surface area contributed by atoms with E-state index in [9.17, 15) is 4.79 Å². The molecule has 0 aliphatic rings. The largest absolute Gasteiger partial charge is 0.477 e. The lowest BCUT2D eigenvalue weighted by Crippen LogP contribution is -2.18. The van der Waals surface area contributed by atoms with Crippen LogP contribution in [0.15, 0.2) is 36.0 Å². The van der Waals surface area contributed by atoms with Gasteiger partial charge < -0.3 is 10.4 Å². The van der Waals surface area contributed by atoms with Crippen LogP contribution in [0.2, 0.25) is 0 Å². The number of carboxylic acids is 1. The minimum absolute atomic E-state index is 0.162. The van der Waals surface area contributed by atoms with Crippen LogP contribution in [0.5, 0.6) is 0 Å². The highest BCUT2D eigenvalue weighted by Gasteiger charge is 2.12. The van der Waals surface area contributed by atoms with Gasteiger partial charge in [-0.1, -0.05) is 0 Å². The molecule has 18 heavy (non-hydrogen) atoms. The quantitative estimate of drug-likeness (QED) is 0.869. The van der Waals surface area contributed by atoms with E-state index in [1.165, 1.54) is 11.3 Å². The van der Waals surface area contributed by atoms with Crippen molar-refractivity contribution in [2.24, 2.45) is 0 Å². The maximum absolute atomic E-state index is 11.0. The molecule has 2 rings (SSSR count). The number of pyridine rings is 1. The minimum Gasteiger partial charge on any atom is -0.477 e. The number of hydrogen-bond acceptors (Lipinski definition) is 4. The third kappa shape index (κ3) is 2.94. The molecule has 2 aromatic rings. The van der Waals surface area contributed by atoms with Gasteiger partial charge in [0.15, 0.2) is 0 Å². The van der Waals surface area contributed by atoms with Crippen LogP contribution in [0.3, 0.4) is 0 Å². The molecule has 0 amide bonds. The number of nitrogens with zero attached hydrogens (tertiary/aromatic N) is 1. The summed E-state index contributed by atoms with van der Waals surface area (Å²) in [6.45, 7) is 2.59. The predicted molar refractivity (Wildman–Crippen MR) is 70.8 cm³/mol. The van der Waals surface area contributed by atoms with Crippen LogP contribution in [0.1, 0.15) is 33.8 Å². The number of hydrogen-bond donors (Lipinski definition) is 2. The Labute approximate surface area is 109 Å². The Bertz CT molecular complexity index is 525. The van der Waals surface area contributed by atoms with Crippen LogP contribution >= 0.6 is 11.3 Å². The lowest BCUT2D eigenvalue weighted by atomic mass is 10.1. The average Bonchev–Trinajstić information content (AvgIpc) is 2.85. The van der Waals surface area contributed by atoms with Crippen molar-refractivity contribution in [2.75, 3.05) is 0 Å². The molecule has 0 aliphatic heterocycles. The number of carboxylic acid groups (broad SMARTS) is 1. The lowest BCUT2D eigenvalue weighted by Gasteiger charge is -2.13.